The minimum atomic E-state index is -0.187. The fourth-order valence-electron chi connectivity index (χ4n) is 0.592. The highest BCUT2D eigenvalue weighted by atomic mass is 31.0. The molecule has 1 saturated heterocycles. The Labute approximate surface area is 68.0 Å². The van der Waals surface area contributed by atoms with E-state index in [-0.39, 0.29) is 6.10 Å². The van der Waals surface area contributed by atoms with Crippen molar-refractivity contribution < 1.29 is 14.2 Å². The van der Waals surface area contributed by atoms with Crippen LogP contribution in [0.4, 0.5) is 0 Å². The summed E-state index contributed by atoms with van der Waals surface area (Å²) in [6, 6.07) is 0. The van der Waals surface area contributed by atoms with Gasteiger partial charge < -0.3 is 4.52 Å². The highest BCUT2D eigenvalue weighted by Crippen LogP contribution is 2.05. The predicted molar refractivity (Wildman–Crippen MR) is 42.2 cm³/mol. The van der Waals surface area contributed by atoms with Crippen molar-refractivity contribution in [1.29, 1.82) is 0 Å². The highest BCUT2D eigenvalue weighted by Gasteiger charge is 2.20. The van der Waals surface area contributed by atoms with E-state index >= 15 is 0 Å². The first kappa shape index (κ1) is 9.32. The monoisotopic (exact) mass is 180 g/mol. The largest absolute Gasteiger partial charge is 0.363 e. The van der Waals surface area contributed by atoms with Crippen LogP contribution in [-0.4, -0.2) is 37.5 Å². The first-order chi connectivity index (χ1) is 5.36. The Bertz CT molecular complexity index is 112. The van der Waals surface area contributed by atoms with E-state index in [1.54, 1.807) is 0 Å². The van der Waals surface area contributed by atoms with Crippen molar-refractivity contribution in [3.63, 3.8) is 0 Å². The molecule has 2 atom stereocenters. The van der Waals surface area contributed by atoms with Crippen molar-refractivity contribution in [2.75, 3.05) is 26.3 Å². The Hall–Kier alpha value is 0.230. The predicted octanol–water partition coefficient (Wildman–Crippen LogP) is -0.701. The fourth-order valence-corrected chi connectivity index (χ4v) is 0.807. The Morgan fingerprint density at radius 2 is 2.18 bits per heavy atom. The molecule has 1 aliphatic rings. The maximum Gasteiger partial charge on any atom is 0.128 e. The van der Waals surface area contributed by atoms with Gasteiger partial charge in [0.2, 0.25) is 0 Å². The first-order valence-electron chi connectivity index (χ1n) is 3.42. The summed E-state index contributed by atoms with van der Waals surface area (Å²) in [6.45, 7) is 2.87. The zero-order valence-corrected chi connectivity index (χ0v) is 7.39. The maximum absolute atomic E-state index is 5.20. The average Bonchev–Trinajstić information content (AvgIpc) is 2.81. The molecule has 1 fully saturated rings. The summed E-state index contributed by atoms with van der Waals surface area (Å²) in [4.78, 5) is 9.78. The molecular formula is C5H13N2O3P. The lowest BCUT2D eigenvalue weighted by Gasteiger charge is -2.12. The lowest BCUT2D eigenvalue weighted by Crippen LogP contribution is -2.28. The van der Waals surface area contributed by atoms with Gasteiger partial charge in [-0.2, -0.15) is 5.06 Å². The summed E-state index contributed by atoms with van der Waals surface area (Å²) in [5.74, 6) is 4.98. The van der Waals surface area contributed by atoms with Crippen LogP contribution in [0.2, 0.25) is 0 Å². The smallest absolute Gasteiger partial charge is 0.128 e. The Kier molecular flexibility index (Phi) is 4.22. The van der Waals surface area contributed by atoms with Crippen LogP contribution < -0.4 is 5.90 Å². The van der Waals surface area contributed by atoms with Gasteiger partial charge in [-0.1, -0.05) is 0 Å². The SMILES string of the molecule is NOC(COP)CON1CC1. The van der Waals surface area contributed by atoms with Crippen molar-refractivity contribution in [3.8, 4) is 0 Å². The Morgan fingerprint density at radius 1 is 1.45 bits per heavy atom. The van der Waals surface area contributed by atoms with Crippen LogP contribution >= 0.6 is 9.47 Å². The quantitative estimate of drug-likeness (QED) is 0.333. The van der Waals surface area contributed by atoms with E-state index < -0.39 is 0 Å². The zero-order chi connectivity index (χ0) is 8.10. The molecule has 6 heteroatoms. The number of hydrogen-bond acceptors (Lipinski definition) is 5. The highest BCUT2D eigenvalue weighted by molar-refractivity contribution is 7.09. The molecule has 2 unspecified atom stereocenters. The van der Waals surface area contributed by atoms with Crippen LogP contribution in [0.1, 0.15) is 0 Å². The summed E-state index contributed by atoms with van der Waals surface area (Å²) in [5, 5.41) is 1.83. The van der Waals surface area contributed by atoms with Crippen molar-refractivity contribution in [3.05, 3.63) is 0 Å². The number of rotatable bonds is 6. The summed E-state index contributed by atoms with van der Waals surface area (Å²) in [5.41, 5.74) is 0. The van der Waals surface area contributed by atoms with Crippen LogP contribution in [-0.2, 0) is 14.2 Å². The van der Waals surface area contributed by atoms with Crippen molar-refractivity contribution in [2.24, 2.45) is 5.90 Å². The lowest BCUT2D eigenvalue weighted by atomic mass is 10.4. The van der Waals surface area contributed by atoms with E-state index in [1.165, 1.54) is 0 Å². The van der Waals surface area contributed by atoms with Crippen LogP contribution in [0, 0.1) is 0 Å². The lowest BCUT2D eigenvalue weighted by molar-refractivity contribution is -0.122. The van der Waals surface area contributed by atoms with E-state index in [0.717, 1.165) is 13.1 Å². The van der Waals surface area contributed by atoms with Crippen molar-refractivity contribution in [1.82, 2.24) is 5.06 Å². The molecule has 66 valence electrons. The Balaban J connectivity index is 1.98. The molecule has 0 aromatic rings. The van der Waals surface area contributed by atoms with Gasteiger partial charge in [-0.15, -0.1) is 0 Å². The molecule has 1 rings (SSSR count). The normalized spacial score (nSPS) is 20.2. The van der Waals surface area contributed by atoms with E-state index in [0.29, 0.717) is 13.2 Å². The third kappa shape index (κ3) is 3.96. The molecular weight excluding hydrogens is 167 g/mol. The molecule has 0 saturated carbocycles. The number of nitrogens with zero attached hydrogens (tertiary/aromatic N) is 1. The minimum Gasteiger partial charge on any atom is -0.363 e. The van der Waals surface area contributed by atoms with Crippen molar-refractivity contribution in [2.45, 2.75) is 6.10 Å². The second kappa shape index (κ2) is 4.98. The second-order valence-electron chi connectivity index (χ2n) is 2.32. The van der Waals surface area contributed by atoms with Gasteiger partial charge >= 0.3 is 0 Å². The summed E-state index contributed by atoms with van der Waals surface area (Å²) < 4.78 is 4.76. The van der Waals surface area contributed by atoms with Crippen LogP contribution in [0.25, 0.3) is 0 Å². The molecule has 0 aromatic heterocycles. The van der Waals surface area contributed by atoms with Crippen molar-refractivity contribution >= 4 is 9.47 Å². The van der Waals surface area contributed by atoms with Gasteiger partial charge in [0, 0.05) is 22.6 Å². The molecule has 0 aromatic carbocycles. The molecule has 0 amide bonds. The average molecular weight is 180 g/mol. The van der Waals surface area contributed by atoms with Gasteiger partial charge in [0.1, 0.15) is 6.10 Å². The molecule has 0 radical (unpaired) electrons. The van der Waals surface area contributed by atoms with E-state index in [2.05, 4.69) is 14.3 Å². The van der Waals surface area contributed by atoms with Gasteiger partial charge in [0.15, 0.2) is 0 Å². The topological polar surface area (TPSA) is 56.7 Å². The third-order valence-corrected chi connectivity index (χ3v) is 1.52. The van der Waals surface area contributed by atoms with Gasteiger partial charge in [-0.3, -0.25) is 9.68 Å². The molecule has 0 spiro atoms. The Morgan fingerprint density at radius 3 is 2.64 bits per heavy atom. The molecule has 2 N–H and O–H groups in total. The van der Waals surface area contributed by atoms with E-state index in [9.17, 15) is 0 Å². The molecule has 0 aliphatic carbocycles. The van der Waals surface area contributed by atoms with E-state index in [1.807, 2.05) is 5.06 Å². The maximum atomic E-state index is 5.20. The third-order valence-electron chi connectivity index (χ3n) is 1.32. The summed E-state index contributed by atoms with van der Waals surface area (Å²) in [6.07, 6.45) is -0.187. The van der Waals surface area contributed by atoms with Gasteiger partial charge in [-0.25, -0.2) is 5.90 Å². The first-order valence-corrected chi connectivity index (χ1v) is 3.89. The van der Waals surface area contributed by atoms with Crippen LogP contribution in [0.5, 0.6) is 0 Å². The molecule has 1 heterocycles. The standard InChI is InChI=1S/C5H13N2O3P/c6-10-5(4-9-11)3-8-7-1-2-7/h5H,1-4,6,11H2. The van der Waals surface area contributed by atoms with Gasteiger partial charge in [0.25, 0.3) is 0 Å². The second-order valence-corrected chi connectivity index (χ2v) is 2.65. The molecule has 5 nitrogen and oxygen atoms in total. The summed E-state index contributed by atoms with van der Waals surface area (Å²) >= 11 is 0. The molecule has 11 heavy (non-hydrogen) atoms. The molecule has 0 bridgehead atoms. The fraction of sp³-hybridized carbons (Fsp3) is 1.00. The number of hydroxylamine groups is 2. The molecule has 1 aliphatic heterocycles. The van der Waals surface area contributed by atoms with E-state index in [4.69, 9.17) is 15.3 Å². The van der Waals surface area contributed by atoms with Gasteiger partial charge in [0.05, 0.1) is 13.2 Å². The minimum absolute atomic E-state index is 0.187. The number of hydrogen-bond donors (Lipinski definition) is 1. The van der Waals surface area contributed by atoms with Crippen LogP contribution in [0.15, 0.2) is 0 Å². The van der Waals surface area contributed by atoms with Crippen LogP contribution in [0.3, 0.4) is 0 Å². The zero-order valence-electron chi connectivity index (χ0n) is 6.23. The number of nitrogens with two attached hydrogens (primary N) is 1. The van der Waals surface area contributed by atoms with Gasteiger partial charge in [-0.05, 0) is 0 Å². The summed E-state index contributed by atoms with van der Waals surface area (Å²) in [7, 11) is 2.14.